The Morgan fingerprint density at radius 2 is 0.284 bits per heavy atom. The van der Waals surface area contributed by atoms with Crippen LogP contribution in [-0.2, 0) is 0 Å². The molecule has 0 bridgehead atoms. The summed E-state index contributed by atoms with van der Waals surface area (Å²) in [7, 11) is 0. The Kier molecular flexibility index (Phi) is 17.7. The fourth-order valence-corrected chi connectivity index (χ4v) is 18.3. The molecular weight excluding hydrogens is 1390 g/mol. The minimum Gasteiger partial charge on any atom is -0.0622 e. The lowest BCUT2D eigenvalue weighted by Gasteiger charge is -2.18. The van der Waals surface area contributed by atoms with E-state index in [-0.39, 0.29) is 0 Å². The molecule has 0 aliphatic heterocycles. The Hall–Kier alpha value is -15.1. The van der Waals surface area contributed by atoms with Gasteiger partial charge in [0.1, 0.15) is 0 Å². The van der Waals surface area contributed by atoms with Crippen molar-refractivity contribution in [2.75, 3.05) is 0 Å². The summed E-state index contributed by atoms with van der Waals surface area (Å²) in [4.78, 5) is 0. The van der Waals surface area contributed by atoms with Crippen LogP contribution in [0, 0.1) is 0 Å². The summed E-state index contributed by atoms with van der Waals surface area (Å²) < 4.78 is 0. The predicted molar refractivity (Wildman–Crippen MR) is 501 cm³/mol. The van der Waals surface area contributed by atoms with Crippen LogP contribution in [0.4, 0.5) is 0 Å². The molecule has 0 amide bonds. The molecule has 0 aliphatic rings. The largest absolute Gasteiger partial charge is 0.0622 e. The molecule has 0 nitrogen and oxygen atoms in total. The molecular formula is C116H76. The van der Waals surface area contributed by atoms with E-state index in [9.17, 15) is 0 Å². The van der Waals surface area contributed by atoms with Gasteiger partial charge in [-0.2, -0.15) is 0 Å². The van der Waals surface area contributed by atoms with Crippen LogP contribution in [0.25, 0.3) is 219 Å². The molecule has 0 saturated heterocycles. The number of hydrogen-bond acceptors (Lipinski definition) is 0. The third kappa shape index (κ3) is 12.6. The van der Waals surface area contributed by atoms with Crippen LogP contribution in [0.15, 0.2) is 461 Å². The monoisotopic (exact) mass is 1470 g/mol. The van der Waals surface area contributed by atoms with E-state index in [4.69, 9.17) is 0 Å². The molecule has 0 N–H and O–H groups in total. The predicted octanol–water partition coefficient (Wildman–Crippen LogP) is 32.7. The average molecular weight is 1470 g/mol. The molecule has 0 unspecified atom stereocenters. The topological polar surface area (TPSA) is 0 Å². The highest BCUT2D eigenvalue weighted by Gasteiger charge is 2.22. The molecule has 0 aliphatic carbocycles. The quantitative estimate of drug-likeness (QED) is 0.126. The number of benzene rings is 23. The molecule has 0 saturated carbocycles. The molecule has 0 aromatic heterocycles. The molecule has 0 spiro atoms. The van der Waals surface area contributed by atoms with Gasteiger partial charge in [0.2, 0.25) is 0 Å². The molecule has 540 valence electrons. The summed E-state index contributed by atoms with van der Waals surface area (Å²) in [6.07, 6.45) is 0. The fraction of sp³-hybridized carbons (Fsp3) is 0. The second-order valence-corrected chi connectivity index (χ2v) is 30.4. The van der Waals surface area contributed by atoms with Crippen LogP contribution in [0.1, 0.15) is 0 Å². The van der Waals surface area contributed by atoms with E-state index in [0.29, 0.717) is 0 Å². The maximum absolute atomic E-state index is 2.36. The lowest BCUT2D eigenvalue weighted by Crippen LogP contribution is -1.91. The lowest BCUT2D eigenvalue weighted by molar-refractivity contribution is 1.61. The maximum atomic E-state index is 2.36. The molecule has 23 aromatic rings. The SMILES string of the molecule is c1cc(-c2ccc3ccccc3c2)cc(-c2c3ccccc3c(-c3ccc4ccccc4c3)c3ccccc23)c1.c1ccc(-c2cccc(-c3c4ccccc4c(-c4ccc5ccccc5c4)c4ccccc34)c2)cc1.c1ccc2cc(-c3c4ccccc4c(-c4ccc(-c5cccc6ccccc56)cc4)c4ccccc34)ccc2c1. The second-order valence-electron chi connectivity index (χ2n) is 30.4. The summed E-state index contributed by atoms with van der Waals surface area (Å²) in [6.45, 7) is 0. The first-order chi connectivity index (χ1) is 57.5. The summed E-state index contributed by atoms with van der Waals surface area (Å²) in [5.41, 5.74) is 22.7. The van der Waals surface area contributed by atoms with Crippen molar-refractivity contribution in [1.29, 1.82) is 0 Å². The number of rotatable bonds is 9. The van der Waals surface area contributed by atoms with Gasteiger partial charge in [0, 0.05) is 0 Å². The Morgan fingerprint density at radius 3 is 0.629 bits per heavy atom. The normalized spacial score (nSPS) is 11.4. The second kappa shape index (κ2) is 29.9. The third-order valence-corrected chi connectivity index (χ3v) is 23.7. The van der Waals surface area contributed by atoms with E-state index in [1.54, 1.807) is 0 Å². The molecule has 116 heavy (non-hydrogen) atoms. The van der Waals surface area contributed by atoms with Crippen molar-refractivity contribution < 1.29 is 0 Å². The summed E-state index contributed by atoms with van der Waals surface area (Å²) in [5.74, 6) is 0. The molecule has 0 heteroatoms. The van der Waals surface area contributed by atoms with E-state index >= 15 is 0 Å². The fourth-order valence-electron chi connectivity index (χ4n) is 18.3. The lowest BCUT2D eigenvalue weighted by atomic mass is 9.85. The van der Waals surface area contributed by atoms with Crippen molar-refractivity contribution in [3.8, 4) is 100 Å². The van der Waals surface area contributed by atoms with E-state index in [1.807, 2.05) is 0 Å². The van der Waals surface area contributed by atoms with E-state index < -0.39 is 0 Å². The van der Waals surface area contributed by atoms with Crippen LogP contribution in [-0.4, -0.2) is 0 Å². The average Bonchev–Trinajstić information content (AvgIpc) is 0.740. The first-order valence-electron chi connectivity index (χ1n) is 40.2. The molecule has 23 rings (SSSR count). The Morgan fingerprint density at radius 1 is 0.0862 bits per heavy atom. The Balaban J connectivity index is 0.000000109. The van der Waals surface area contributed by atoms with Crippen LogP contribution in [0.3, 0.4) is 0 Å². The van der Waals surface area contributed by atoms with Gasteiger partial charge >= 0.3 is 0 Å². The van der Waals surface area contributed by atoms with Gasteiger partial charge in [0.05, 0.1) is 0 Å². The van der Waals surface area contributed by atoms with E-state index in [1.165, 1.54) is 219 Å². The van der Waals surface area contributed by atoms with Crippen molar-refractivity contribution in [1.82, 2.24) is 0 Å². The first-order valence-corrected chi connectivity index (χ1v) is 40.2. The van der Waals surface area contributed by atoms with Gasteiger partial charge in [-0.3, -0.25) is 0 Å². The third-order valence-electron chi connectivity index (χ3n) is 23.7. The van der Waals surface area contributed by atoms with Crippen molar-refractivity contribution >= 4 is 118 Å². The molecule has 0 heterocycles. The standard InChI is InChI=1S/2C40H26.C36H24/c1-3-12-29-24-32(22-20-27(29)10-1)31-14-9-15-33(26-31)39-35-16-5-7-18-37(35)40(38-19-8-6-17-36(38)39)34-23-21-28-11-2-4-13-30(28)25-34;1-2-12-31-26-32(25-20-27(31)10-1)40-37-17-7-5-15-35(37)39(36-16-6-8-18-38(36)40)30-23-21-29(22-24-30)34-19-9-13-28-11-3-4-14-33(28)34;1-2-11-25(12-3-1)28-15-10-16-29(23-28)35-31-17-6-8-19-33(31)36(34-20-9-7-18-32(34)35)30-22-21-26-13-4-5-14-27(26)24-30/h2*1-26H;1-24H. The summed E-state index contributed by atoms with van der Waals surface area (Å²) in [6, 6.07) is 168. The highest BCUT2D eigenvalue weighted by molar-refractivity contribution is 6.25. The molecule has 23 aromatic carbocycles. The number of fused-ring (bicyclic) bond motifs is 11. The molecule has 0 atom stereocenters. The maximum Gasteiger partial charge on any atom is -0.00262 e. The molecule has 0 fully saturated rings. The van der Waals surface area contributed by atoms with Gasteiger partial charge in [-0.05, 0) is 255 Å². The van der Waals surface area contributed by atoms with Crippen molar-refractivity contribution in [3.05, 3.63) is 461 Å². The zero-order valence-corrected chi connectivity index (χ0v) is 63.9. The first kappa shape index (κ1) is 68.9. The van der Waals surface area contributed by atoms with Crippen LogP contribution >= 0.6 is 0 Å². The van der Waals surface area contributed by atoms with Gasteiger partial charge in [-0.25, -0.2) is 0 Å². The Bertz CT molecular complexity index is 7580. The minimum atomic E-state index is 1.23. The van der Waals surface area contributed by atoms with E-state index in [2.05, 4.69) is 461 Å². The number of hydrogen-bond donors (Lipinski definition) is 0. The van der Waals surface area contributed by atoms with Crippen LogP contribution in [0.5, 0.6) is 0 Å². The summed E-state index contributed by atoms with van der Waals surface area (Å²) in [5, 5.41) is 28.1. The van der Waals surface area contributed by atoms with Crippen LogP contribution < -0.4 is 0 Å². The van der Waals surface area contributed by atoms with Gasteiger partial charge in [-0.1, -0.05) is 425 Å². The molecule has 0 radical (unpaired) electrons. The smallest absolute Gasteiger partial charge is 0.00262 e. The van der Waals surface area contributed by atoms with Gasteiger partial charge in [-0.15, -0.1) is 0 Å². The van der Waals surface area contributed by atoms with Crippen LogP contribution in [0.2, 0.25) is 0 Å². The highest BCUT2D eigenvalue weighted by Crippen LogP contribution is 2.49. The van der Waals surface area contributed by atoms with Crippen molar-refractivity contribution in [2.24, 2.45) is 0 Å². The van der Waals surface area contributed by atoms with Gasteiger partial charge < -0.3 is 0 Å². The Labute approximate surface area is 675 Å². The van der Waals surface area contributed by atoms with Gasteiger partial charge in [0.15, 0.2) is 0 Å². The zero-order valence-electron chi connectivity index (χ0n) is 63.9. The van der Waals surface area contributed by atoms with Crippen molar-refractivity contribution in [2.45, 2.75) is 0 Å². The summed E-state index contributed by atoms with van der Waals surface area (Å²) >= 11 is 0. The van der Waals surface area contributed by atoms with Crippen molar-refractivity contribution in [3.63, 3.8) is 0 Å². The zero-order chi connectivity index (χ0) is 76.8. The minimum absolute atomic E-state index is 1.23. The van der Waals surface area contributed by atoms with Gasteiger partial charge in [0.25, 0.3) is 0 Å². The highest BCUT2D eigenvalue weighted by atomic mass is 14.3. The van der Waals surface area contributed by atoms with E-state index in [0.717, 1.165) is 0 Å².